The van der Waals surface area contributed by atoms with Crippen molar-refractivity contribution in [3.63, 3.8) is 0 Å². The molecule has 0 spiro atoms. The summed E-state index contributed by atoms with van der Waals surface area (Å²) in [7, 11) is 1.97. The molecule has 0 bridgehead atoms. The van der Waals surface area contributed by atoms with Gasteiger partial charge in [-0.2, -0.15) is 0 Å². The lowest BCUT2D eigenvalue weighted by molar-refractivity contribution is 1.04. The monoisotopic (exact) mass is 158 g/mol. The largest absolute Gasteiger partial charge is 0.363 e. The second-order valence-corrected chi connectivity index (χ2v) is 2.76. The second kappa shape index (κ2) is 3.82. The molecule has 0 unspecified atom stereocenters. The van der Waals surface area contributed by atoms with Crippen LogP contribution in [0.3, 0.4) is 0 Å². The average molecular weight is 158 g/mol. The quantitative estimate of drug-likeness (QED) is 0.594. The molecule has 1 radical (unpaired) electrons. The van der Waals surface area contributed by atoms with E-state index in [1.54, 1.807) is 0 Å². The fourth-order valence-electron chi connectivity index (χ4n) is 1.14. The minimum absolute atomic E-state index is 0.626. The summed E-state index contributed by atoms with van der Waals surface area (Å²) in [6.07, 6.45) is 5.21. The molecule has 1 rings (SSSR count). The van der Waals surface area contributed by atoms with Crippen LogP contribution in [0.2, 0.25) is 0 Å². The van der Waals surface area contributed by atoms with Crippen LogP contribution in [0, 0.1) is 25.3 Å². The maximum Gasteiger partial charge on any atom is 0.0788 e. The lowest BCUT2D eigenvalue weighted by Gasteiger charge is -2.17. The van der Waals surface area contributed by atoms with Crippen LogP contribution in [-0.2, 0) is 0 Å². The number of para-hydroxylation sites is 1. The van der Waals surface area contributed by atoms with Crippen molar-refractivity contribution in [2.45, 2.75) is 6.92 Å². The van der Waals surface area contributed by atoms with Crippen LogP contribution in [0.5, 0.6) is 0 Å². The molecule has 0 aliphatic carbocycles. The molecule has 1 heteroatoms. The Hall–Kier alpha value is -1.42. The Bertz CT molecular complexity index is 296. The van der Waals surface area contributed by atoms with E-state index < -0.39 is 0 Å². The molecule has 0 saturated heterocycles. The van der Waals surface area contributed by atoms with Crippen molar-refractivity contribution >= 4 is 5.69 Å². The first kappa shape index (κ1) is 8.67. The van der Waals surface area contributed by atoms with Crippen molar-refractivity contribution in [3.05, 3.63) is 29.8 Å². The summed E-state index contributed by atoms with van der Waals surface area (Å²) in [5.41, 5.74) is 2.28. The van der Waals surface area contributed by atoms with Gasteiger partial charge in [0, 0.05) is 18.8 Å². The molecule has 0 amide bonds. The Kier molecular flexibility index (Phi) is 2.76. The van der Waals surface area contributed by atoms with Crippen LogP contribution in [0.1, 0.15) is 5.56 Å². The van der Waals surface area contributed by atoms with Gasteiger partial charge in [-0.25, -0.2) is 0 Å². The van der Waals surface area contributed by atoms with E-state index in [0.717, 1.165) is 5.69 Å². The predicted octanol–water partition coefficient (Wildman–Crippen LogP) is 1.86. The van der Waals surface area contributed by atoms with E-state index in [4.69, 9.17) is 6.42 Å². The zero-order valence-corrected chi connectivity index (χ0v) is 7.46. The number of terminal acetylenes is 1. The first-order valence-corrected chi connectivity index (χ1v) is 3.87. The van der Waals surface area contributed by atoms with Crippen molar-refractivity contribution in [2.75, 3.05) is 18.5 Å². The summed E-state index contributed by atoms with van der Waals surface area (Å²) in [6.45, 7) is 2.68. The Morgan fingerprint density at radius 1 is 1.67 bits per heavy atom. The fourth-order valence-corrected chi connectivity index (χ4v) is 1.14. The van der Waals surface area contributed by atoms with Crippen molar-refractivity contribution in [1.29, 1.82) is 0 Å². The molecule has 0 atom stereocenters. The molecule has 0 heterocycles. The molecule has 61 valence electrons. The molecule has 0 saturated carbocycles. The number of hydrogen-bond acceptors (Lipinski definition) is 1. The molecule has 0 aliphatic heterocycles. The van der Waals surface area contributed by atoms with Crippen LogP contribution in [0.4, 0.5) is 5.69 Å². The van der Waals surface area contributed by atoms with Gasteiger partial charge in [0.1, 0.15) is 0 Å². The summed E-state index contributed by atoms with van der Waals surface area (Å²) in [5.74, 6) is 2.60. The first-order valence-electron chi connectivity index (χ1n) is 3.87. The summed E-state index contributed by atoms with van der Waals surface area (Å²) in [4.78, 5) is 2.01. The first-order chi connectivity index (χ1) is 5.75. The number of nitrogens with zero attached hydrogens (tertiary/aromatic N) is 1. The van der Waals surface area contributed by atoms with Gasteiger partial charge in [0.15, 0.2) is 0 Å². The van der Waals surface area contributed by atoms with Crippen LogP contribution < -0.4 is 4.90 Å². The molecule has 0 aliphatic rings. The Morgan fingerprint density at radius 2 is 2.42 bits per heavy atom. The van der Waals surface area contributed by atoms with E-state index in [0.29, 0.717) is 6.54 Å². The smallest absolute Gasteiger partial charge is 0.0788 e. The Labute approximate surface area is 74.0 Å². The van der Waals surface area contributed by atoms with E-state index in [2.05, 4.69) is 25.0 Å². The van der Waals surface area contributed by atoms with E-state index in [-0.39, 0.29) is 0 Å². The molecular weight excluding hydrogens is 146 g/mol. The van der Waals surface area contributed by atoms with E-state index in [1.807, 2.05) is 24.1 Å². The van der Waals surface area contributed by atoms with Gasteiger partial charge < -0.3 is 4.90 Å². The maximum atomic E-state index is 5.21. The third-order valence-corrected chi connectivity index (χ3v) is 1.75. The number of aryl methyl sites for hydroxylation is 1. The second-order valence-electron chi connectivity index (χ2n) is 2.76. The van der Waals surface area contributed by atoms with Gasteiger partial charge in [0.25, 0.3) is 0 Å². The Morgan fingerprint density at radius 3 is 3.00 bits per heavy atom. The highest BCUT2D eigenvalue weighted by atomic mass is 15.1. The molecule has 1 aromatic rings. The van der Waals surface area contributed by atoms with E-state index in [9.17, 15) is 0 Å². The summed E-state index contributed by atoms with van der Waals surface area (Å²) in [6, 6.07) is 9.08. The van der Waals surface area contributed by atoms with Gasteiger partial charge >= 0.3 is 0 Å². The van der Waals surface area contributed by atoms with Gasteiger partial charge in [-0.1, -0.05) is 24.1 Å². The fraction of sp³-hybridized carbons (Fsp3) is 0.273. The van der Waals surface area contributed by atoms with Crippen LogP contribution >= 0.6 is 0 Å². The minimum Gasteiger partial charge on any atom is -0.363 e. The molecular formula is C11H12N. The van der Waals surface area contributed by atoms with E-state index in [1.165, 1.54) is 5.56 Å². The van der Waals surface area contributed by atoms with Crippen LogP contribution in [0.25, 0.3) is 0 Å². The molecule has 12 heavy (non-hydrogen) atoms. The zero-order valence-electron chi connectivity index (χ0n) is 7.46. The van der Waals surface area contributed by atoms with Crippen LogP contribution in [-0.4, -0.2) is 13.6 Å². The number of benzene rings is 1. The van der Waals surface area contributed by atoms with Crippen molar-refractivity contribution in [2.24, 2.45) is 0 Å². The lowest BCUT2D eigenvalue weighted by atomic mass is 10.2. The molecule has 0 fully saturated rings. The zero-order chi connectivity index (χ0) is 8.97. The van der Waals surface area contributed by atoms with Gasteiger partial charge in [-0.05, 0) is 12.5 Å². The number of hydrogen-bond donors (Lipinski definition) is 0. The summed E-state index contributed by atoms with van der Waals surface area (Å²) >= 11 is 0. The standard InChI is InChI=1S/C11H12N/c1-4-9-12(3)11-8-6-5-7-10(11)2/h1,5-7H,9H2,2-3H3. The van der Waals surface area contributed by atoms with Crippen LogP contribution in [0.15, 0.2) is 18.2 Å². The van der Waals surface area contributed by atoms with Gasteiger partial charge in [-0.3, -0.25) is 0 Å². The number of rotatable bonds is 2. The Balaban J connectivity index is 2.88. The summed E-state index contributed by atoms with van der Waals surface area (Å²) < 4.78 is 0. The van der Waals surface area contributed by atoms with Gasteiger partial charge in [-0.15, -0.1) is 6.42 Å². The molecule has 1 aromatic carbocycles. The predicted molar refractivity (Wildman–Crippen MR) is 52.1 cm³/mol. The van der Waals surface area contributed by atoms with Crippen molar-refractivity contribution in [3.8, 4) is 12.3 Å². The minimum atomic E-state index is 0.626. The molecule has 0 N–H and O–H groups in total. The topological polar surface area (TPSA) is 3.24 Å². The highest BCUT2D eigenvalue weighted by Gasteiger charge is 2.00. The number of anilines is 1. The molecule has 1 nitrogen and oxygen atoms in total. The third kappa shape index (κ3) is 1.79. The van der Waals surface area contributed by atoms with Crippen molar-refractivity contribution < 1.29 is 0 Å². The third-order valence-electron chi connectivity index (χ3n) is 1.75. The normalized spacial score (nSPS) is 9.08. The maximum absolute atomic E-state index is 5.21. The van der Waals surface area contributed by atoms with Crippen molar-refractivity contribution in [1.82, 2.24) is 0 Å². The SMILES string of the molecule is C#CCN(C)c1[c]cccc1C. The summed E-state index contributed by atoms with van der Waals surface area (Å²) in [5, 5.41) is 0. The average Bonchev–Trinajstić information content (AvgIpc) is 2.05. The van der Waals surface area contributed by atoms with E-state index >= 15 is 0 Å². The highest BCUT2D eigenvalue weighted by Crippen LogP contribution is 2.15. The molecule has 0 aromatic heterocycles. The lowest BCUT2D eigenvalue weighted by Crippen LogP contribution is -2.17. The van der Waals surface area contributed by atoms with Gasteiger partial charge in [0.2, 0.25) is 0 Å². The van der Waals surface area contributed by atoms with Gasteiger partial charge in [0.05, 0.1) is 6.54 Å². The highest BCUT2D eigenvalue weighted by molar-refractivity contribution is 5.51.